The van der Waals surface area contributed by atoms with Crippen LogP contribution in [0.2, 0.25) is 0 Å². The standard InChI is InChI=1S/C7H8N2/c1-2-6-4-8-5-7(6)9-3-1/h2,4H,1,3,5H2. The van der Waals surface area contributed by atoms with E-state index in [2.05, 4.69) is 16.1 Å². The maximum atomic E-state index is 4.31. The third kappa shape index (κ3) is 0.707. The highest BCUT2D eigenvalue weighted by molar-refractivity contribution is 6.21. The second-order valence-electron chi connectivity index (χ2n) is 2.25. The van der Waals surface area contributed by atoms with Gasteiger partial charge in [-0.05, 0) is 6.42 Å². The molecule has 2 nitrogen and oxygen atoms in total. The first-order valence-electron chi connectivity index (χ1n) is 3.20. The van der Waals surface area contributed by atoms with Gasteiger partial charge in [-0.2, -0.15) is 0 Å². The minimum atomic E-state index is 0.811. The van der Waals surface area contributed by atoms with Crippen LogP contribution in [0.15, 0.2) is 21.6 Å². The predicted molar refractivity (Wildman–Crippen MR) is 38.4 cm³/mol. The molecular formula is C7H8N2. The number of aliphatic imine (C=N–C) groups is 2. The largest absolute Gasteiger partial charge is 0.287 e. The van der Waals surface area contributed by atoms with Crippen molar-refractivity contribution in [3.05, 3.63) is 11.6 Å². The van der Waals surface area contributed by atoms with Gasteiger partial charge in [0.05, 0.1) is 12.3 Å². The number of hydrogen-bond acceptors (Lipinski definition) is 2. The van der Waals surface area contributed by atoms with Crippen LogP contribution in [0.3, 0.4) is 0 Å². The minimum Gasteiger partial charge on any atom is -0.287 e. The molecule has 2 aliphatic rings. The summed E-state index contributed by atoms with van der Waals surface area (Å²) in [5.41, 5.74) is 2.43. The third-order valence-electron chi connectivity index (χ3n) is 1.60. The van der Waals surface area contributed by atoms with E-state index in [4.69, 9.17) is 0 Å². The number of fused-ring (bicyclic) bond motifs is 1. The maximum Gasteiger partial charge on any atom is 0.0814 e. The van der Waals surface area contributed by atoms with Gasteiger partial charge in [-0.1, -0.05) is 6.08 Å². The first kappa shape index (κ1) is 4.91. The molecular weight excluding hydrogens is 112 g/mol. The Bertz CT molecular complexity index is 211. The molecule has 0 atom stereocenters. The molecule has 0 aromatic rings. The summed E-state index contributed by atoms with van der Waals surface area (Å²) in [5, 5.41) is 0. The van der Waals surface area contributed by atoms with Crippen LogP contribution in [-0.4, -0.2) is 25.0 Å². The lowest BCUT2D eigenvalue weighted by Gasteiger charge is -2.02. The fourth-order valence-corrected chi connectivity index (χ4v) is 1.13. The Morgan fingerprint density at radius 3 is 3.33 bits per heavy atom. The highest BCUT2D eigenvalue weighted by Crippen LogP contribution is 2.09. The van der Waals surface area contributed by atoms with Gasteiger partial charge in [0.2, 0.25) is 0 Å². The van der Waals surface area contributed by atoms with Gasteiger partial charge in [0.15, 0.2) is 0 Å². The summed E-state index contributed by atoms with van der Waals surface area (Å²) in [7, 11) is 0. The Hall–Kier alpha value is -0.920. The molecule has 2 heterocycles. The number of rotatable bonds is 0. The van der Waals surface area contributed by atoms with Crippen molar-refractivity contribution < 1.29 is 0 Å². The van der Waals surface area contributed by atoms with E-state index in [1.54, 1.807) is 0 Å². The van der Waals surface area contributed by atoms with E-state index in [0.717, 1.165) is 19.5 Å². The second-order valence-corrected chi connectivity index (χ2v) is 2.25. The Morgan fingerprint density at radius 1 is 1.44 bits per heavy atom. The van der Waals surface area contributed by atoms with Gasteiger partial charge in [0, 0.05) is 18.3 Å². The van der Waals surface area contributed by atoms with Crippen molar-refractivity contribution in [2.75, 3.05) is 13.1 Å². The van der Waals surface area contributed by atoms with Gasteiger partial charge in [-0.3, -0.25) is 9.98 Å². The van der Waals surface area contributed by atoms with Crippen molar-refractivity contribution in [2.24, 2.45) is 9.98 Å². The number of hydrogen-bond donors (Lipinski definition) is 0. The first-order chi connectivity index (χ1) is 4.47. The molecule has 0 aromatic carbocycles. The molecule has 46 valence electrons. The summed E-state index contributed by atoms with van der Waals surface area (Å²) in [6, 6.07) is 0. The van der Waals surface area contributed by atoms with Gasteiger partial charge >= 0.3 is 0 Å². The van der Waals surface area contributed by atoms with Crippen LogP contribution in [-0.2, 0) is 0 Å². The topological polar surface area (TPSA) is 24.7 Å². The summed E-state index contributed by atoms with van der Waals surface area (Å²) in [6.07, 6.45) is 5.21. The van der Waals surface area contributed by atoms with E-state index >= 15 is 0 Å². The molecule has 0 aliphatic carbocycles. The Kier molecular flexibility index (Phi) is 0.979. The molecule has 0 saturated heterocycles. The van der Waals surface area contributed by atoms with E-state index in [1.807, 2.05) is 6.21 Å². The molecule has 0 N–H and O–H groups in total. The lowest BCUT2D eigenvalue weighted by molar-refractivity contribution is 0.985. The molecule has 0 aromatic heterocycles. The molecule has 0 fully saturated rings. The summed E-state index contributed by atoms with van der Waals surface area (Å²) >= 11 is 0. The van der Waals surface area contributed by atoms with Gasteiger partial charge < -0.3 is 0 Å². The average Bonchev–Trinajstić information content (AvgIpc) is 2.33. The van der Waals surface area contributed by atoms with E-state index in [-0.39, 0.29) is 0 Å². The second kappa shape index (κ2) is 1.79. The van der Waals surface area contributed by atoms with Crippen LogP contribution < -0.4 is 0 Å². The zero-order valence-electron chi connectivity index (χ0n) is 5.17. The highest BCUT2D eigenvalue weighted by atomic mass is 14.8. The van der Waals surface area contributed by atoms with Crippen molar-refractivity contribution in [1.82, 2.24) is 0 Å². The zero-order chi connectivity index (χ0) is 6.10. The normalized spacial score (nSPS) is 23.1. The Balaban J connectivity index is 2.38. The molecule has 9 heavy (non-hydrogen) atoms. The van der Waals surface area contributed by atoms with Crippen molar-refractivity contribution in [2.45, 2.75) is 6.42 Å². The van der Waals surface area contributed by atoms with Crippen molar-refractivity contribution in [1.29, 1.82) is 0 Å². The smallest absolute Gasteiger partial charge is 0.0814 e. The van der Waals surface area contributed by atoms with Gasteiger partial charge in [0.1, 0.15) is 0 Å². The summed E-state index contributed by atoms with van der Waals surface area (Å²) in [4.78, 5) is 8.42. The summed E-state index contributed by atoms with van der Waals surface area (Å²) in [6.45, 7) is 1.77. The zero-order valence-corrected chi connectivity index (χ0v) is 5.17. The monoisotopic (exact) mass is 120 g/mol. The molecule has 0 spiro atoms. The number of nitrogens with zero attached hydrogens (tertiary/aromatic N) is 2. The summed E-state index contributed by atoms with van der Waals surface area (Å²) < 4.78 is 0. The molecule has 0 radical (unpaired) electrons. The SMILES string of the molecule is C1=NCC2=NCCC=C12. The average molecular weight is 120 g/mol. The van der Waals surface area contributed by atoms with E-state index < -0.39 is 0 Å². The van der Waals surface area contributed by atoms with Gasteiger partial charge in [0.25, 0.3) is 0 Å². The molecule has 2 aliphatic heterocycles. The highest BCUT2D eigenvalue weighted by Gasteiger charge is 2.11. The quantitative estimate of drug-likeness (QED) is 0.452. The van der Waals surface area contributed by atoms with E-state index in [1.165, 1.54) is 11.3 Å². The molecule has 2 heteroatoms. The molecule has 0 bridgehead atoms. The van der Waals surface area contributed by atoms with Crippen LogP contribution in [0.1, 0.15) is 6.42 Å². The lowest BCUT2D eigenvalue weighted by Crippen LogP contribution is -2.06. The molecule has 0 saturated carbocycles. The lowest BCUT2D eigenvalue weighted by atomic mass is 10.1. The Morgan fingerprint density at radius 2 is 2.44 bits per heavy atom. The van der Waals surface area contributed by atoms with Crippen LogP contribution in [0.25, 0.3) is 0 Å². The van der Waals surface area contributed by atoms with Crippen molar-refractivity contribution in [3.8, 4) is 0 Å². The van der Waals surface area contributed by atoms with Crippen LogP contribution >= 0.6 is 0 Å². The van der Waals surface area contributed by atoms with E-state index in [9.17, 15) is 0 Å². The Labute approximate surface area is 54.0 Å². The van der Waals surface area contributed by atoms with Crippen LogP contribution in [0, 0.1) is 0 Å². The summed E-state index contributed by atoms with van der Waals surface area (Å²) in [5.74, 6) is 0. The molecule has 0 unspecified atom stereocenters. The third-order valence-corrected chi connectivity index (χ3v) is 1.60. The first-order valence-corrected chi connectivity index (χ1v) is 3.20. The van der Waals surface area contributed by atoms with Crippen molar-refractivity contribution in [3.63, 3.8) is 0 Å². The van der Waals surface area contributed by atoms with E-state index in [0.29, 0.717) is 0 Å². The van der Waals surface area contributed by atoms with Crippen LogP contribution in [0.4, 0.5) is 0 Å². The van der Waals surface area contributed by atoms with Crippen molar-refractivity contribution >= 4 is 11.9 Å². The van der Waals surface area contributed by atoms with Gasteiger partial charge in [-0.25, -0.2) is 0 Å². The van der Waals surface area contributed by atoms with Crippen LogP contribution in [0.5, 0.6) is 0 Å². The minimum absolute atomic E-state index is 0.811. The van der Waals surface area contributed by atoms with Gasteiger partial charge in [-0.15, -0.1) is 0 Å². The fraction of sp³-hybridized carbons (Fsp3) is 0.429. The number of dihydropyridines is 1. The maximum absolute atomic E-state index is 4.31. The fourth-order valence-electron chi connectivity index (χ4n) is 1.13. The molecule has 0 amide bonds. The molecule has 2 rings (SSSR count). The predicted octanol–water partition coefficient (Wildman–Crippen LogP) is 0.842.